The van der Waals surface area contributed by atoms with Crippen molar-refractivity contribution in [3.05, 3.63) is 23.8 Å². The zero-order valence-corrected chi connectivity index (χ0v) is 7.83. The van der Waals surface area contributed by atoms with E-state index in [1.165, 1.54) is 6.92 Å². The summed E-state index contributed by atoms with van der Waals surface area (Å²) in [6.45, 7) is 3.35. The molecular formula is C10H13NO2. The van der Waals surface area contributed by atoms with Gasteiger partial charge in [0.2, 0.25) is 0 Å². The molecule has 3 heteroatoms. The Morgan fingerprint density at radius 1 is 1.54 bits per heavy atom. The molecule has 0 spiro atoms. The fourth-order valence-electron chi connectivity index (χ4n) is 1.21. The molecule has 0 aliphatic heterocycles. The van der Waals surface area contributed by atoms with Crippen LogP contribution in [0.5, 0.6) is 5.75 Å². The Kier molecular flexibility index (Phi) is 2.90. The zero-order chi connectivity index (χ0) is 9.84. The molecule has 0 heterocycles. The summed E-state index contributed by atoms with van der Waals surface area (Å²) >= 11 is 0. The van der Waals surface area contributed by atoms with Crippen LogP contribution in [0.3, 0.4) is 0 Å². The molecule has 0 aromatic heterocycles. The van der Waals surface area contributed by atoms with Gasteiger partial charge in [0.05, 0.1) is 0 Å². The molecular weight excluding hydrogens is 166 g/mol. The van der Waals surface area contributed by atoms with E-state index < -0.39 is 0 Å². The van der Waals surface area contributed by atoms with Crippen LogP contribution in [-0.2, 0) is 11.2 Å². The molecule has 0 saturated heterocycles. The molecule has 1 aromatic carbocycles. The minimum Gasteiger partial charge on any atom is -0.426 e. The highest BCUT2D eigenvalue weighted by Crippen LogP contribution is 2.24. The smallest absolute Gasteiger partial charge is 0.308 e. The summed E-state index contributed by atoms with van der Waals surface area (Å²) in [4.78, 5) is 10.7. The standard InChI is InChI=1S/C10H13NO2/c1-3-8-9(11)5-4-6-10(8)13-7(2)12/h4-6H,3,11H2,1-2H3. The minimum absolute atomic E-state index is 0.319. The Balaban J connectivity index is 3.05. The second-order valence-corrected chi connectivity index (χ2v) is 2.77. The van der Waals surface area contributed by atoms with Gasteiger partial charge < -0.3 is 10.5 Å². The van der Waals surface area contributed by atoms with Crippen LogP contribution >= 0.6 is 0 Å². The highest BCUT2D eigenvalue weighted by atomic mass is 16.5. The number of esters is 1. The van der Waals surface area contributed by atoms with Crippen LogP contribution in [0.2, 0.25) is 0 Å². The van der Waals surface area contributed by atoms with E-state index in [2.05, 4.69) is 0 Å². The maximum absolute atomic E-state index is 10.7. The molecule has 1 rings (SSSR count). The largest absolute Gasteiger partial charge is 0.426 e. The predicted octanol–water partition coefficient (Wildman–Crippen LogP) is 1.76. The number of rotatable bonds is 2. The van der Waals surface area contributed by atoms with Gasteiger partial charge in [-0.3, -0.25) is 4.79 Å². The fourth-order valence-corrected chi connectivity index (χ4v) is 1.21. The number of hydrogen-bond acceptors (Lipinski definition) is 3. The fraction of sp³-hybridized carbons (Fsp3) is 0.300. The van der Waals surface area contributed by atoms with Gasteiger partial charge in [-0.1, -0.05) is 13.0 Å². The molecule has 0 unspecified atom stereocenters. The van der Waals surface area contributed by atoms with Crippen molar-refractivity contribution < 1.29 is 9.53 Å². The average molecular weight is 179 g/mol. The van der Waals surface area contributed by atoms with Gasteiger partial charge >= 0.3 is 5.97 Å². The summed E-state index contributed by atoms with van der Waals surface area (Å²) in [7, 11) is 0. The Labute approximate surface area is 77.5 Å². The number of nitrogen functional groups attached to an aromatic ring is 1. The summed E-state index contributed by atoms with van der Waals surface area (Å²) < 4.78 is 5.00. The first-order chi connectivity index (χ1) is 6.15. The van der Waals surface area contributed by atoms with Crippen LogP contribution in [-0.4, -0.2) is 5.97 Å². The summed E-state index contributed by atoms with van der Waals surface area (Å²) in [5.74, 6) is 0.246. The van der Waals surface area contributed by atoms with Gasteiger partial charge in [-0.2, -0.15) is 0 Å². The predicted molar refractivity (Wildman–Crippen MR) is 51.5 cm³/mol. The average Bonchev–Trinajstić information content (AvgIpc) is 2.03. The van der Waals surface area contributed by atoms with E-state index >= 15 is 0 Å². The Hall–Kier alpha value is -1.51. The highest BCUT2D eigenvalue weighted by molar-refractivity contribution is 5.71. The van der Waals surface area contributed by atoms with Crippen molar-refractivity contribution in [2.45, 2.75) is 20.3 Å². The molecule has 0 aliphatic rings. The van der Waals surface area contributed by atoms with E-state index in [1.54, 1.807) is 18.2 Å². The molecule has 0 atom stereocenters. The van der Waals surface area contributed by atoms with Gasteiger partial charge in [0.15, 0.2) is 0 Å². The molecule has 2 N–H and O–H groups in total. The maximum atomic E-state index is 10.7. The Morgan fingerprint density at radius 3 is 2.77 bits per heavy atom. The topological polar surface area (TPSA) is 52.3 Å². The zero-order valence-electron chi connectivity index (χ0n) is 7.83. The molecule has 70 valence electrons. The van der Waals surface area contributed by atoms with Gasteiger partial charge in [0, 0.05) is 18.2 Å². The van der Waals surface area contributed by atoms with E-state index in [4.69, 9.17) is 10.5 Å². The van der Waals surface area contributed by atoms with Crippen LogP contribution in [0.1, 0.15) is 19.4 Å². The van der Waals surface area contributed by atoms with Crippen LogP contribution < -0.4 is 10.5 Å². The van der Waals surface area contributed by atoms with E-state index in [-0.39, 0.29) is 5.97 Å². The third-order valence-electron chi connectivity index (χ3n) is 1.78. The molecule has 0 aliphatic carbocycles. The number of hydrogen-bond donors (Lipinski definition) is 1. The first-order valence-corrected chi connectivity index (χ1v) is 4.21. The molecule has 0 saturated carbocycles. The van der Waals surface area contributed by atoms with Crippen molar-refractivity contribution in [1.82, 2.24) is 0 Å². The lowest BCUT2D eigenvalue weighted by Gasteiger charge is -2.08. The molecule has 0 radical (unpaired) electrons. The first-order valence-electron chi connectivity index (χ1n) is 4.21. The van der Waals surface area contributed by atoms with E-state index in [0.29, 0.717) is 11.4 Å². The lowest BCUT2D eigenvalue weighted by atomic mass is 10.1. The molecule has 0 amide bonds. The summed E-state index contributed by atoms with van der Waals surface area (Å²) in [6.07, 6.45) is 0.759. The van der Waals surface area contributed by atoms with Crippen molar-refractivity contribution >= 4 is 11.7 Å². The second kappa shape index (κ2) is 3.94. The van der Waals surface area contributed by atoms with Crippen LogP contribution in [0.4, 0.5) is 5.69 Å². The van der Waals surface area contributed by atoms with Crippen LogP contribution in [0.25, 0.3) is 0 Å². The number of anilines is 1. The van der Waals surface area contributed by atoms with Gasteiger partial charge in [0.25, 0.3) is 0 Å². The quantitative estimate of drug-likeness (QED) is 0.427. The highest BCUT2D eigenvalue weighted by Gasteiger charge is 2.06. The first kappa shape index (κ1) is 9.58. The lowest BCUT2D eigenvalue weighted by molar-refractivity contribution is -0.131. The number of benzene rings is 1. The Bertz CT molecular complexity index is 321. The molecule has 13 heavy (non-hydrogen) atoms. The maximum Gasteiger partial charge on any atom is 0.308 e. The van der Waals surface area contributed by atoms with Gasteiger partial charge in [-0.25, -0.2) is 0 Å². The van der Waals surface area contributed by atoms with Crippen molar-refractivity contribution in [1.29, 1.82) is 0 Å². The van der Waals surface area contributed by atoms with E-state index in [9.17, 15) is 4.79 Å². The SMILES string of the molecule is CCc1c(N)cccc1OC(C)=O. The summed E-state index contributed by atoms with van der Waals surface area (Å²) in [5, 5.41) is 0. The summed E-state index contributed by atoms with van der Waals surface area (Å²) in [5.41, 5.74) is 7.27. The van der Waals surface area contributed by atoms with Gasteiger partial charge in [0.1, 0.15) is 5.75 Å². The Morgan fingerprint density at radius 2 is 2.23 bits per heavy atom. The number of nitrogens with two attached hydrogens (primary N) is 1. The number of ether oxygens (including phenoxy) is 1. The van der Waals surface area contributed by atoms with Crippen molar-refractivity contribution in [2.24, 2.45) is 0 Å². The van der Waals surface area contributed by atoms with Crippen molar-refractivity contribution in [2.75, 3.05) is 5.73 Å². The third kappa shape index (κ3) is 2.21. The van der Waals surface area contributed by atoms with Crippen LogP contribution in [0.15, 0.2) is 18.2 Å². The van der Waals surface area contributed by atoms with E-state index in [0.717, 1.165) is 12.0 Å². The number of carbonyl (C=O) groups is 1. The molecule has 3 nitrogen and oxygen atoms in total. The van der Waals surface area contributed by atoms with Crippen LogP contribution in [0, 0.1) is 0 Å². The molecule has 1 aromatic rings. The normalized spacial score (nSPS) is 9.69. The summed E-state index contributed by atoms with van der Waals surface area (Å²) in [6, 6.07) is 5.31. The second-order valence-electron chi connectivity index (χ2n) is 2.77. The van der Waals surface area contributed by atoms with E-state index in [1.807, 2.05) is 6.92 Å². The molecule has 0 fully saturated rings. The van der Waals surface area contributed by atoms with Gasteiger partial charge in [-0.15, -0.1) is 0 Å². The van der Waals surface area contributed by atoms with Gasteiger partial charge in [-0.05, 0) is 18.6 Å². The lowest BCUT2D eigenvalue weighted by Crippen LogP contribution is -2.05. The molecule has 0 bridgehead atoms. The number of carbonyl (C=O) groups excluding carboxylic acids is 1. The van der Waals surface area contributed by atoms with Crippen molar-refractivity contribution in [3.63, 3.8) is 0 Å². The monoisotopic (exact) mass is 179 g/mol. The minimum atomic E-state index is -0.319. The third-order valence-corrected chi connectivity index (χ3v) is 1.78. The van der Waals surface area contributed by atoms with Crippen molar-refractivity contribution in [3.8, 4) is 5.75 Å².